The van der Waals surface area contributed by atoms with Crippen molar-refractivity contribution in [2.75, 3.05) is 35.6 Å². The topological polar surface area (TPSA) is 133 Å². The summed E-state index contributed by atoms with van der Waals surface area (Å²) in [5, 5.41) is 22.9. The Morgan fingerprint density at radius 3 is 2.32 bits per heavy atom. The molecule has 5 rings (SSSR count). The predicted octanol–water partition coefficient (Wildman–Crippen LogP) is 2.87. The monoisotopic (exact) mass is 455 g/mol. The van der Waals surface area contributed by atoms with Gasteiger partial charge >= 0.3 is 0 Å². The van der Waals surface area contributed by atoms with E-state index >= 15 is 0 Å². The highest BCUT2D eigenvalue weighted by molar-refractivity contribution is 5.61. The maximum Gasteiger partial charge on any atom is 0.229 e. The zero-order valence-electron chi connectivity index (χ0n) is 18.7. The third kappa shape index (κ3) is 5.25. The zero-order chi connectivity index (χ0) is 23.4. The first-order valence-corrected chi connectivity index (χ1v) is 11.0. The number of anilines is 5. The van der Waals surface area contributed by atoms with E-state index in [2.05, 4.69) is 46.2 Å². The van der Waals surface area contributed by atoms with Crippen molar-refractivity contribution in [1.82, 2.24) is 30.2 Å². The molecule has 0 spiro atoms. The summed E-state index contributed by atoms with van der Waals surface area (Å²) in [5.41, 5.74) is 2.73. The molecule has 1 aliphatic heterocycles. The Morgan fingerprint density at radius 2 is 1.59 bits per heavy atom. The van der Waals surface area contributed by atoms with Crippen LogP contribution in [-0.4, -0.2) is 55.3 Å². The van der Waals surface area contributed by atoms with Crippen molar-refractivity contribution < 1.29 is 5.11 Å². The summed E-state index contributed by atoms with van der Waals surface area (Å²) in [4.78, 5) is 22.2. The minimum Gasteiger partial charge on any atom is -0.385 e. The first-order valence-electron chi connectivity index (χ1n) is 11.0. The number of β-amino-alcohol motifs (C(OH)–C–C–N with tert-alkyl or cyclic N) is 1. The van der Waals surface area contributed by atoms with Gasteiger partial charge in [0.2, 0.25) is 5.95 Å². The summed E-state index contributed by atoms with van der Waals surface area (Å²) >= 11 is 0. The van der Waals surface area contributed by atoms with Gasteiger partial charge in [0.25, 0.3) is 0 Å². The average molecular weight is 456 g/mol. The van der Waals surface area contributed by atoms with Crippen LogP contribution >= 0.6 is 0 Å². The SMILES string of the molecule is Cc1cccc(-c2nccc(Nc3ccnc(Nc4ccc(NCC5(O)CNC5)cc4)n3)n2)n1. The van der Waals surface area contributed by atoms with Gasteiger partial charge in [-0.05, 0) is 55.5 Å². The molecule has 1 saturated heterocycles. The molecule has 0 unspecified atom stereocenters. The van der Waals surface area contributed by atoms with Crippen LogP contribution in [0.4, 0.5) is 29.0 Å². The van der Waals surface area contributed by atoms with Gasteiger partial charge in [-0.25, -0.2) is 19.9 Å². The third-order valence-corrected chi connectivity index (χ3v) is 5.36. The lowest BCUT2D eigenvalue weighted by Crippen LogP contribution is -2.62. The minimum atomic E-state index is -0.667. The Hall–Kier alpha value is -4.15. The van der Waals surface area contributed by atoms with Crippen molar-refractivity contribution in [3.63, 3.8) is 0 Å². The number of hydrogen-bond donors (Lipinski definition) is 5. The maximum atomic E-state index is 10.2. The van der Waals surface area contributed by atoms with Crippen LogP contribution in [0.15, 0.2) is 67.0 Å². The molecule has 4 heterocycles. The highest BCUT2D eigenvalue weighted by Gasteiger charge is 2.33. The van der Waals surface area contributed by atoms with Crippen LogP contribution in [0.2, 0.25) is 0 Å². The minimum absolute atomic E-state index is 0.454. The van der Waals surface area contributed by atoms with E-state index in [4.69, 9.17) is 0 Å². The van der Waals surface area contributed by atoms with Crippen molar-refractivity contribution in [1.29, 1.82) is 0 Å². The molecule has 172 valence electrons. The lowest BCUT2D eigenvalue weighted by molar-refractivity contribution is 0.00313. The van der Waals surface area contributed by atoms with Crippen molar-refractivity contribution >= 4 is 29.0 Å². The van der Waals surface area contributed by atoms with Gasteiger partial charge in [-0.1, -0.05) is 6.07 Å². The fourth-order valence-electron chi connectivity index (χ4n) is 3.44. The van der Waals surface area contributed by atoms with Crippen LogP contribution in [0.3, 0.4) is 0 Å². The van der Waals surface area contributed by atoms with Gasteiger partial charge in [0.1, 0.15) is 22.9 Å². The molecule has 5 N–H and O–H groups in total. The smallest absolute Gasteiger partial charge is 0.229 e. The maximum absolute atomic E-state index is 10.2. The van der Waals surface area contributed by atoms with Gasteiger partial charge in [-0.3, -0.25) is 0 Å². The van der Waals surface area contributed by atoms with Crippen LogP contribution in [0.25, 0.3) is 11.5 Å². The standard InChI is InChI=1S/C24H25N9O/c1-16-3-2-4-19(29-16)22-26-11-9-20(32-22)31-21-10-12-27-23(33-21)30-18-7-5-17(6-8-18)28-15-24(34)13-25-14-24/h2-12,25,28,34H,13-15H2,1H3,(H2,26,27,30,31,32,33). The Balaban J connectivity index is 1.23. The third-order valence-electron chi connectivity index (χ3n) is 5.36. The Labute approximate surface area is 197 Å². The van der Waals surface area contributed by atoms with E-state index in [0.29, 0.717) is 48.7 Å². The summed E-state index contributed by atoms with van der Waals surface area (Å²) < 4.78 is 0. The Morgan fingerprint density at radius 1 is 0.853 bits per heavy atom. The molecular weight excluding hydrogens is 430 g/mol. The summed E-state index contributed by atoms with van der Waals surface area (Å²) in [6.45, 7) is 3.66. The highest BCUT2D eigenvalue weighted by atomic mass is 16.3. The molecule has 34 heavy (non-hydrogen) atoms. The Kier molecular flexibility index (Phi) is 5.98. The number of aryl methyl sites for hydroxylation is 1. The van der Waals surface area contributed by atoms with Gasteiger partial charge in [0, 0.05) is 49.1 Å². The second kappa shape index (κ2) is 9.38. The van der Waals surface area contributed by atoms with E-state index in [1.54, 1.807) is 24.5 Å². The number of nitrogens with one attached hydrogen (secondary N) is 4. The molecule has 3 aromatic heterocycles. The fourth-order valence-corrected chi connectivity index (χ4v) is 3.44. The van der Waals surface area contributed by atoms with E-state index < -0.39 is 5.60 Å². The van der Waals surface area contributed by atoms with E-state index in [-0.39, 0.29) is 0 Å². The van der Waals surface area contributed by atoms with Crippen LogP contribution in [0, 0.1) is 6.92 Å². The van der Waals surface area contributed by atoms with Crippen LogP contribution in [-0.2, 0) is 0 Å². The molecule has 1 aliphatic rings. The normalized spacial score (nSPS) is 14.2. The predicted molar refractivity (Wildman–Crippen MR) is 131 cm³/mol. The van der Waals surface area contributed by atoms with Gasteiger partial charge in [-0.15, -0.1) is 0 Å². The van der Waals surface area contributed by atoms with Gasteiger partial charge in [0.05, 0.1) is 0 Å². The molecule has 0 aliphatic carbocycles. The zero-order valence-corrected chi connectivity index (χ0v) is 18.7. The second-order valence-corrected chi connectivity index (χ2v) is 8.20. The largest absolute Gasteiger partial charge is 0.385 e. The second-order valence-electron chi connectivity index (χ2n) is 8.20. The number of benzene rings is 1. The summed E-state index contributed by atoms with van der Waals surface area (Å²) in [6.07, 6.45) is 3.36. The fraction of sp³-hybridized carbons (Fsp3) is 0.208. The van der Waals surface area contributed by atoms with Crippen molar-refractivity contribution in [2.45, 2.75) is 12.5 Å². The average Bonchev–Trinajstić information content (AvgIpc) is 2.83. The van der Waals surface area contributed by atoms with Crippen molar-refractivity contribution in [2.24, 2.45) is 0 Å². The Bertz CT molecular complexity index is 1280. The molecule has 0 amide bonds. The highest BCUT2D eigenvalue weighted by Crippen LogP contribution is 2.21. The first-order chi connectivity index (χ1) is 16.5. The van der Waals surface area contributed by atoms with E-state index in [1.165, 1.54) is 0 Å². The number of hydrogen-bond acceptors (Lipinski definition) is 10. The molecule has 1 fully saturated rings. The summed E-state index contributed by atoms with van der Waals surface area (Å²) in [7, 11) is 0. The van der Waals surface area contributed by atoms with Crippen LogP contribution in [0.1, 0.15) is 5.69 Å². The number of nitrogens with zero attached hydrogens (tertiary/aromatic N) is 5. The molecule has 4 aromatic rings. The first kappa shape index (κ1) is 21.7. The van der Waals surface area contributed by atoms with E-state index in [9.17, 15) is 5.11 Å². The lowest BCUT2D eigenvalue weighted by Gasteiger charge is -2.37. The van der Waals surface area contributed by atoms with Crippen molar-refractivity contribution in [3.05, 3.63) is 72.7 Å². The molecular formula is C24H25N9O. The van der Waals surface area contributed by atoms with Crippen molar-refractivity contribution in [3.8, 4) is 11.5 Å². The molecule has 0 radical (unpaired) electrons. The van der Waals surface area contributed by atoms with Crippen LogP contribution < -0.4 is 21.3 Å². The lowest BCUT2D eigenvalue weighted by atomic mass is 9.97. The summed E-state index contributed by atoms with van der Waals surface area (Å²) in [5.74, 6) is 2.20. The molecule has 10 nitrogen and oxygen atoms in total. The number of rotatable bonds is 8. The molecule has 1 aromatic carbocycles. The quantitative estimate of drug-likeness (QED) is 0.270. The molecule has 0 atom stereocenters. The summed E-state index contributed by atoms with van der Waals surface area (Å²) in [6, 6.07) is 17.0. The van der Waals surface area contributed by atoms with Gasteiger partial charge in [-0.2, -0.15) is 4.98 Å². The van der Waals surface area contributed by atoms with E-state index in [1.807, 2.05) is 49.4 Å². The number of pyridine rings is 1. The van der Waals surface area contributed by atoms with E-state index in [0.717, 1.165) is 17.1 Å². The number of aliphatic hydroxyl groups is 1. The number of aromatic nitrogens is 5. The molecule has 10 heteroatoms. The van der Waals surface area contributed by atoms with Gasteiger partial charge < -0.3 is 26.4 Å². The molecule has 0 bridgehead atoms. The van der Waals surface area contributed by atoms with Crippen LogP contribution in [0.5, 0.6) is 0 Å². The van der Waals surface area contributed by atoms with Gasteiger partial charge in [0.15, 0.2) is 5.82 Å². The molecule has 0 saturated carbocycles.